The van der Waals surface area contributed by atoms with E-state index >= 15 is 0 Å². The summed E-state index contributed by atoms with van der Waals surface area (Å²) in [4.78, 5) is 6.51. The SMILES string of the molecule is CB(O)N1CCC[C@@H](Cc2cn(C)cn2)C1. The van der Waals surface area contributed by atoms with Gasteiger partial charge in [-0.15, -0.1) is 0 Å². The predicted octanol–water partition coefficient (Wildman–Crippen LogP) is 0.785. The highest BCUT2D eigenvalue weighted by Crippen LogP contribution is 2.20. The number of hydrogen-bond donors (Lipinski definition) is 1. The van der Waals surface area contributed by atoms with Crippen molar-refractivity contribution in [3.63, 3.8) is 0 Å². The number of aromatic nitrogens is 2. The van der Waals surface area contributed by atoms with E-state index in [2.05, 4.69) is 16.0 Å². The zero-order chi connectivity index (χ0) is 11.5. The molecule has 0 aliphatic carbocycles. The van der Waals surface area contributed by atoms with Gasteiger partial charge in [0, 0.05) is 13.2 Å². The average molecular weight is 221 g/mol. The molecule has 1 atom stereocenters. The van der Waals surface area contributed by atoms with Crippen LogP contribution in [-0.2, 0) is 13.5 Å². The van der Waals surface area contributed by atoms with Crippen LogP contribution < -0.4 is 0 Å². The van der Waals surface area contributed by atoms with Crippen LogP contribution in [0.3, 0.4) is 0 Å². The van der Waals surface area contributed by atoms with Gasteiger partial charge in [-0.2, -0.15) is 0 Å². The summed E-state index contributed by atoms with van der Waals surface area (Å²) in [5.41, 5.74) is 1.17. The molecule has 0 radical (unpaired) electrons. The van der Waals surface area contributed by atoms with Crippen LogP contribution >= 0.6 is 0 Å². The molecule has 0 spiro atoms. The van der Waals surface area contributed by atoms with E-state index in [4.69, 9.17) is 0 Å². The number of hydrogen-bond acceptors (Lipinski definition) is 3. The van der Waals surface area contributed by atoms with Crippen LogP contribution in [0.25, 0.3) is 0 Å². The lowest BCUT2D eigenvalue weighted by Crippen LogP contribution is -2.44. The second-order valence-electron chi connectivity index (χ2n) is 4.87. The summed E-state index contributed by atoms with van der Waals surface area (Å²) >= 11 is 0. The normalized spacial score (nSPS) is 22.3. The largest absolute Gasteiger partial charge is 0.437 e. The van der Waals surface area contributed by atoms with Gasteiger partial charge < -0.3 is 14.4 Å². The molecule has 2 rings (SSSR count). The third-order valence-corrected chi connectivity index (χ3v) is 3.34. The topological polar surface area (TPSA) is 41.3 Å². The fourth-order valence-electron chi connectivity index (χ4n) is 2.47. The van der Waals surface area contributed by atoms with E-state index < -0.39 is 0 Å². The van der Waals surface area contributed by atoms with Gasteiger partial charge in [0.2, 0.25) is 0 Å². The maximum Gasteiger partial charge on any atom is 0.376 e. The van der Waals surface area contributed by atoms with Crippen molar-refractivity contribution in [2.75, 3.05) is 13.1 Å². The van der Waals surface area contributed by atoms with E-state index in [9.17, 15) is 5.02 Å². The molecule has 1 N–H and O–H groups in total. The van der Waals surface area contributed by atoms with Gasteiger partial charge in [-0.3, -0.25) is 0 Å². The molecule has 1 aromatic heterocycles. The number of nitrogens with zero attached hydrogens (tertiary/aromatic N) is 3. The summed E-state index contributed by atoms with van der Waals surface area (Å²) in [7, 11) is 1.69. The lowest BCUT2D eigenvalue weighted by atomic mass is 9.80. The molecule has 5 heteroatoms. The Morgan fingerprint density at radius 1 is 1.62 bits per heavy atom. The Bertz CT molecular complexity index is 340. The molecule has 4 nitrogen and oxygen atoms in total. The van der Waals surface area contributed by atoms with Crippen molar-refractivity contribution in [1.29, 1.82) is 0 Å². The standard InChI is InChI=1S/C11H20BN3O/c1-12(16)15-5-3-4-10(7-15)6-11-8-14(2)9-13-11/h8-10,16H,3-7H2,1-2H3/t10-/m0/s1. The zero-order valence-corrected chi connectivity index (χ0v) is 10.1. The minimum atomic E-state index is -0.313. The summed E-state index contributed by atoms with van der Waals surface area (Å²) in [6.45, 7) is 3.87. The van der Waals surface area contributed by atoms with Crippen molar-refractivity contribution >= 4 is 7.05 Å². The van der Waals surface area contributed by atoms with Crippen molar-refractivity contribution < 1.29 is 5.02 Å². The molecule has 1 aliphatic heterocycles. The highest BCUT2D eigenvalue weighted by atomic mass is 16.2. The molecule has 88 valence electrons. The molecule has 2 heterocycles. The van der Waals surface area contributed by atoms with Crippen molar-refractivity contribution in [3.8, 4) is 0 Å². The van der Waals surface area contributed by atoms with Gasteiger partial charge in [0.15, 0.2) is 0 Å². The molecule has 0 unspecified atom stereocenters. The molecule has 1 fully saturated rings. The Labute approximate surface area is 97.4 Å². The first kappa shape index (κ1) is 11.7. The van der Waals surface area contributed by atoms with E-state index in [1.807, 2.05) is 24.8 Å². The van der Waals surface area contributed by atoms with Gasteiger partial charge in [0.1, 0.15) is 0 Å². The lowest BCUT2D eigenvalue weighted by Gasteiger charge is -2.33. The van der Waals surface area contributed by atoms with Crippen LogP contribution in [0.2, 0.25) is 6.82 Å². The number of piperidine rings is 1. The third kappa shape index (κ3) is 2.86. The molecular formula is C11H20BN3O. The highest BCUT2D eigenvalue weighted by Gasteiger charge is 2.25. The molecule has 1 saturated heterocycles. The van der Waals surface area contributed by atoms with Gasteiger partial charge >= 0.3 is 7.05 Å². The summed E-state index contributed by atoms with van der Waals surface area (Å²) in [6.07, 6.45) is 7.40. The van der Waals surface area contributed by atoms with Gasteiger partial charge in [-0.1, -0.05) is 0 Å². The van der Waals surface area contributed by atoms with Gasteiger partial charge in [-0.25, -0.2) is 4.98 Å². The van der Waals surface area contributed by atoms with Crippen LogP contribution in [0.4, 0.5) is 0 Å². The molecule has 16 heavy (non-hydrogen) atoms. The van der Waals surface area contributed by atoms with Crippen LogP contribution in [0, 0.1) is 5.92 Å². The Balaban J connectivity index is 1.90. The monoisotopic (exact) mass is 221 g/mol. The second kappa shape index (κ2) is 5.02. The van der Waals surface area contributed by atoms with E-state index in [0.717, 1.165) is 19.5 Å². The minimum Gasteiger partial charge on any atom is -0.437 e. The Kier molecular flexibility index (Phi) is 3.66. The Hall–Kier alpha value is -0.805. The molecule has 0 saturated carbocycles. The Morgan fingerprint density at radius 3 is 3.06 bits per heavy atom. The van der Waals surface area contributed by atoms with Crippen molar-refractivity contribution in [3.05, 3.63) is 18.2 Å². The van der Waals surface area contributed by atoms with Gasteiger partial charge in [-0.05, 0) is 45.1 Å². The van der Waals surface area contributed by atoms with E-state index in [1.54, 1.807) is 0 Å². The number of imidazole rings is 1. The molecule has 1 aliphatic rings. The zero-order valence-electron chi connectivity index (χ0n) is 10.1. The predicted molar refractivity (Wildman–Crippen MR) is 65.0 cm³/mol. The smallest absolute Gasteiger partial charge is 0.376 e. The molecule has 0 aromatic carbocycles. The van der Waals surface area contributed by atoms with Crippen LogP contribution in [0.15, 0.2) is 12.5 Å². The van der Waals surface area contributed by atoms with E-state index in [1.165, 1.54) is 18.5 Å². The first-order chi connectivity index (χ1) is 7.65. The van der Waals surface area contributed by atoms with Crippen LogP contribution in [-0.4, -0.2) is 39.5 Å². The van der Waals surface area contributed by atoms with Gasteiger partial charge in [0.25, 0.3) is 0 Å². The summed E-state index contributed by atoms with van der Waals surface area (Å²) in [6, 6.07) is 0. The fraction of sp³-hybridized carbons (Fsp3) is 0.727. The molecule has 0 bridgehead atoms. The first-order valence-electron chi connectivity index (χ1n) is 6.04. The molecular weight excluding hydrogens is 201 g/mol. The average Bonchev–Trinajstić information content (AvgIpc) is 2.64. The number of aryl methyl sites for hydroxylation is 1. The van der Waals surface area contributed by atoms with Crippen molar-refractivity contribution in [1.82, 2.24) is 14.4 Å². The Morgan fingerprint density at radius 2 is 2.44 bits per heavy atom. The quantitative estimate of drug-likeness (QED) is 0.767. The lowest BCUT2D eigenvalue weighted by molar-refractivity contribution is 0.241. The fourth-order valence-corrected chi connectivity index (χ4v) is 2.47. The summed E-state index contributed by atoms with van der Waals surface area (Å²) < 4.78 is 1.99. The van der Waals surface area contributed by atoms with Crippen LogP contribution in [0.5, 0.6) is 0 Å². The van der Waals surface area contributed by atoms with E-state index in [-0.39, 0.29) is 7.05 Å². The highest BCUT2D eigenvalue weighted by molar-refractivity contribution is 6.45. The third-order valence-electron chi connectivity index (χ3n) is 3.34. The second-order valence-corrected chi connectivity index (χ2v) is 4.87. The van der Waals surface area contributed by atoms with Gasteiger partial charge in [0.05, 0.1) is 12.0 Å². The maximum atomic E-state index is 9.57. The maximum absolute atomic E-state index is 9.57. The van der Waals surface area contributed by atoms with E-state index in [0.29, 0.717) is 5.92 Å². The van der Waals surface area contributed by atoms with Crippen molar-refractivity contribution in [2.24, 2.45) is 13.0 Å². The first-order valence-corrected chi connectivity index (χ1v) is 6.04. The molecule has 1 aromatic rings. The number of rotatable bonds is 3. The van der Waals surface area contributed by atoms with Crippen molar-refractivity contribution in [2.45, 2.75) is 26.1 Å². The minimum absolute atomic E-state index is 0.313. The van der Waals surface area contributed by atoms with Crippen LogP contribution in [0.1, 0.15) is 18.5 Å². The molecule has 0 amide bonds. The summed E-state index contributed by atoms with van der Waals surface area (Å²) in [5, 5.41) is 9.57. The summed E-state index contributed by atoms with van der Waals surface area (Å²) in [5.74, 6) is 0.637.